The van der Waals surface area contributed by atoms with Gasteiger partial charge in [0, 0.05) is 49.3 Å². The molecule has 1 heterocycles. The molecule has 0 saturated carbocycles. The summed E-state index contributed by atoms with van der Waals surface area (Å²) >= 11 is 3.60. The Morgan fingerprint density at radius 1 is 1.30 bits per heavy atom. The van der Waals surface area contributed by atoms with Crippen LogP contribution < -0.4 is 10.6 Å². The van der Waals surface area contributed by atoms with Gasteiger partial charge in [-0.2, -0.15) is 0 Å². The molecule has 1 aliphatic rings. The van der Waals surface area contributed by atoms with E-state index in [1.807, 2.05) is 11.8 Å². The zero-order valence-electron chi connectivity index (χ0n) is 12.1. The van der Waals surface area contributed by atoms with Gasteiger partial charge >= 0.3 is 0 Å². The second-order valence-electron chi connectivity index (χ2n) is 5.34. The molecule has 1 saturated heterocycles. The third kappa shape index (κ3) is 3.52. The van der Waals surface area contributed by atoms with Crippen LogP contribution in [0.15, 0.2) is 22.7 Å². The molecule has 1 aromatic rings. The van der Waals surface area contributed by atoms with E-state index < -0.39 is 0 Å². The topological polar surface area (TPSA) is 49.6 Å². The van der Waals surface area contributed by atoms with Crippen molar-refractivity contribution in [1.82, 2.24) is 4.90 Å². The predicted octanol–water partition coefficient (Wildman–Crippen LogP) is 2.53. The molecule has 5 heteroatoms. The standard InChI is InChI=1S/C15H22BrN3O/c1-11(17)14-5-4-13(10-15(14)16)19-7-3-6-18(8-9-19)12(2)20/h4-5,10-11H,3,6-9,17H2,1-2H3/t11-/m1/s1. The molecular weight excluding hydrogens is 318 g/mol. The monoisotopic (exact) mass is 339 g/mol. The van der Waals surface area contributed by atoms with Crippen LogP contribution in [0, 0.1) is 0 Å². The van der Waals surface area contributed by atoms with Crippen molar-refractivity contribution in [2.75, 3.05) is 31.1 Å². The van der Waals surface area contributed by atoms with E-state index in [2.05, 4.69) is 39.0 Å². The van der Waals surface area contributed by atoms with Crippen molar-refractivity contribution in [2.24, 2.45) is 5.73 Å². The zero-order valence-corrected chi connectivity index (χ0v) is 13.7. The van der Waals surface area contributed by atoms with Crippen molar-refractivity contribution >= 4 is 27.5 Å². The fourth-order valence-corrected chi connectivity index (χ4v) is 3.30. The molecule has 0 spiro atoms. The first kappa shape index (κ1) is 15.3. The zero-order chi connectivity index (χ0) is 14.7. The lowest BCUT2D eigenvalue weighted by Gasteiger charge is -2.24. The third-order valence-electron chi connectivity index (χ3n) is 3.78. The van der Waals surface area contributed by atoms with Gasteiger partial charge in [-0.1, -0.05) is 22.0 Å². The van der Waals surface area contributed by atoms with Crippen molar-refractivity contribution in [3.05, 3.63) is 28.2 Å². The number of carbonyl (C=O) groups is 1. The molecular formula is C15H22BrN3O. The van der Waals surface area contributed by atoms with Crippen molar-refractivity contribution in [1.29, 1.82) is 0 Å². The highest BCUT2D eigenvalue weighted by Gasteiger charge is 2.17. The Kier molecular flexibility index (Phi) is 5.05. The van der Waals surface area contributed by atoms with Crippen LogP contribution in [-0.4, -0.2) is 37.0 Å². The van der Waals surface area contributed by atoms with Crippen molar-refractivity contribution < 1.29 is 4.79 Å². The Labute approximate surface area is 129 Å². The van der Waals surface area contributed by atoms with Crippen LogP contribution in [0.1, 0.15) is 31.9 Å². The van der Waals surface area contributed by atoms with Crippen LogP contribution in [0.25, 0.3) is 0 Å². The van der Waals surface area contributed by atoms with E-state index in [0.29, 0.717) is 0 Å². The summed E-state index contributed by atoms with van der Waals surface area (Å²) < 4.78 is 1.05. The maximum atomic E-state index is 11.5. The van der Waals surface area contributed by atoms with E-state index >= 15 is 0 Å². The highest BCUT2D eigenvalue weighted by Crippen LogP contribution is 2.28. The minimum Gasteiger partial charge on any atom is -0.370 e. The summed E-state index contributed by atoms with van der Waals surface area (Å²) in [5.74, 6) is 0.167. The number of benzene rings is 1. The number of nitrogens with two attached hydrogens (primary N) is 1. The lowest BCUT2D eigenvalue weighted by atomic mass is 10.1. The van der Waals surface area contributed by atoms with Crippen LogP contribution in [0.5, 0.6) is 0 Å². The molecule has 1 fully saturated rings. The number of hydrogen-bond acceptors (Lipinski definition) is 3. The summed E-state index contributed by atoms with van der Waals surface area (Å²) in [6.07, 6.45) is 1.01. The van der Waals surface area contributed by atoms with Gasteiger partial charge in [-0.15, -0.1) is 0 Å². The SMILES string of the molecule is CC(=O)N1CCCN(c2ccc([C@@H](C)N)c(Br)c2)CC1. The normalized spacial score (nSPS) is 17.8. The lowest BCUT2D eigenvalue weighted by Crippen LogP contribution is -2.33. The largest absolute Gasteiger partial charge is 0.370 e. The van der Waals surface area contributed by atoms with Crippen LogP contribution in [-0.2, 0) is 4.79 Å². The van der Waals surface area contributed by atoms with Gasteiger partial charge in [0.1, 0.15) is 0 Å². The molecule has 2 N–H and O–H groups in total. The molecule has 1 atom stereocenters. The first-order chi connectivity index (χ1) is 9.49. The summed E-state index contributed by atoms with van der Waals surface area (Å²) in [6.45, 7) is 7.13. The fraction of sp³-hybridized carbons (Fsp3) is 0.533. The molecule has 20 heavy (non-hydrogen) atoms. The van der Waals surface area contributed by atoms with Crippen LogP contribution in [0.3, 0.4) is 0 Å². The Balaban J connectivity index is 2.12. The maximum Gasteiger partial charge on any atom is 0.219 e. The van der Waals surface area contributed by atoms with Crippen molar-refractivity contribution in [2.45, 2.75) is 26.3 Å². The van der Waals surface area contributed by atoms with Crippen molar-refractivity contribution in [3.63, 3.8) is 0 Å². The van der Waals surface area contributed by atoms with Gasteiger partial charge in [0.2, 0.25) is 5.91 Å². The van der Waals surface area contributed by atoms with E-state index in [9.17, 15) is 4.79 Å². The summed E-state index contributed by atoms with van der Waals surface area (Å²) in [5.41, 5.74) is 8.24. The summed E-state index contributed by atoms with van der Waals surface area (Å²) in [5, 5.41) is 0. The quantitative estimate of drug-likeness (QED) is 0.900. The second-order valence-corrected chi connectivity index (χ2v) is 6.20. The van der Waals surface area contributed by atoms with Gasteiger partial charge < -0.3 is 15.5 Å². The highest BCUT2D eigenvalue weighted by molar-refractivity contribution is 9.10. The number of amides is 1. The van der Waals surface area contributed by atoms with Gasteiger partial charge in [-0.3, -0.25) is 4.79 Å². The van der Waals surface area contributed by atoms with Gasteiger partial charge in [0.25, 0.3) is 0 Å². The van der Waals surface area contributed by atoms with E-state index in [-0.39, 0.29) is 11.9 Å². The molecule has 0 radical (unpaired) electrons. The average Bonchev–Trinajstić information content (AvgIpc) is 2.63. The Morgan fingerprint density at radius 3 is 2.65 bits per heavy atom. The molecule has 1 aromatic carbocycles. The van der Waals surface area contributed by atoms with Crippen LogP contribution >= 0.6 is 15.9 Å². The molecule has 1 amide bonds. The molecule has 1 aliphatic heterocycles. The summed E-state index contributed by atoms with van der Waals surface area (Å²) in [7, 11) is 0. The molecule has 0 aromatic heterocycles. The number of nitrogens with zero attached hydrogens (tertiary/aromatic N) is 2. The van der Waals surface area contributed by atoms with E-state index in [1.165, 1.54) is 5.69 Å². The number of anilines is 1. The predicted molar refractivity (Wildman–Crippen MR) is 85.8 cm³/mol. The van der Waals surface area contributed by atoms with Gasteiger partial charge in [0.05, 0.1) is 0 Å². The minimum atomic E-state index is 0.0239. The van der Waals surface area contributed by atoms with Gasteiger partial charge in [0.15, 0.2) is 0 Å². The number of rotatable bonds is 2. The van der Waals surface area contributed by atoms with Gasteiger partial charge in [-0.05, 0) is 31.0 Å². The van der Waals surface area contributed by atoms with E-state index in [1.54, 1.807) is 6.92 Å². The number of hydrogen-bond donors (Lipinski definition) is 1. The Bertz CT molecular complexity index is 490. The van der Waals surface area contributed by atoms with E-state index in [0.717, 1.165) is 42.6 Å². The maximum absolute atomic E-state index is 11.5. The average molecular weight is 340 g/mol. The number of carbonyl (C=O) groups excluding carboxylic acids is 1. The van der Waals surface area contributed by atoms with Crippen LogP contribution in [0.4, 0.5) is 5.69 Å². The highest BCUT2D eigenvalue weighted by atomic mass is 79.9. The minimum absolute atomic E-state index is 0.0239. The third-order valence-corrected chi connectivity index (χ3v) is 4.47. The molecule has 110 valence electrons. The lowest BCUT2D eigenvalue weighted by molar-refractivity contribution is -0.128. The fourth-order valence-electron chi connectivity index (χ4n) is 2.57. The smallest absolute Gasteiger partial charge is 0.219 e. The van der Waals surface area contributed by atoms with E-state index in [4.69, 9.17) is 5.73 Å². The number of halogens is 1. The molecule has 4 nitrogen and oxygen atoms in total. The molecule has 2 rings (SSSR count). The first-order valence-corrected chi connectivity index (χ1v) is 7.84. The first-order valence-electron chi connectivity index (χ1n) is 7.04. The molecule has 0 unspecified atom stereocenters. The van der Waals surface area contributed by atoms with Crippen molar-refractivity contribution in [3.8, 4) is 0 Å². The summed E-state index contributed by atoms with van der Waals surface area (Å²) in [4.78, 5) is 15.7. The summed E-state index contributed by atoms with van der Waals surface area (Å²) in [6, 6.07) is 6.35. The molecule has 0 bridgehead atoms. The van der Waals surface area contributed by atoms with Crippen LogP contribution in [0.2, 0.25) is 0 Å². The Morgan fingerprint density at radius 2 is 2.05 bits per heavy atom. The second kappa shape index (κ2) is 6.59. The molecule has 0 aliphatic carbocycles. The van der Waals surface area contributed by atoms with Gasteiger partial charge in [-0.25, -0.2) is 0 Å². The Hall–Kier alpha value is -1.07.